The summed E-state index contributed by atoms with van der Waals surface area (Å²) in [6, 6.07) is 9.23. The van der Waals surface area contributed by atoms with Gasteiger partial charge in [-0.1, -0.05) is 24.3 Å². The van der Waals surface area contributed by atoms with Gasteiger partial charge in [-0.2, -0.15) is 0 Å². The molecule has 3 heteroatoms. The second-order valence-electron chi connectivity index (χ2n) is 5.80. The fraction of sp³-hybridized carbons (Fsp3) is 0.562. The van der Waals surface area contributed by atoms with Crippen LogP contribution in [0, 0.1) is 0 Å². The first kappa shape index (κ1) is 14.1. The molecule has 1 amide bonds. The molecule has 0 unspecified atom stereocenters. The Morgan fingerprint density at radius 2 is 2.00 bits per heavy atom. The van der Waals surface area contributed by atoms with E-state index >= 15 is 0 Å². The summed E-state index contributed by atoms with van der Waals surface area (Å²) in [4.78, 5) is 13.3. The molecule has 1 fully saturated rings. The molecule has 1 aliphatic heterocycles. The zero-order chi connectivity index (χ0) is 13.8. The molecule has 104 valence electrons. The maximum atomic E-state index is 10.9. The molecule has 1 heterocycles. The molecule has 0 radical (unpaired) electrons. The van der Waals surface area contributed by atoms with Crippen molar-refractivity contribution in [2.45, 2.75) is 38.6 Å². The van der Waals surface area contributed by atoms with E-state index in [1.807, 2.05) is 0 Å². The van der Waals surface area contributed by atoms with Gasteiger partial charge in [0.2, 0.25) is 5.91 Å². The summed E-state index contributed by atoms with van der Waals surface area (Å²) in [5.41, 5.74) is 2.81. The van der Waals surface area contributed by atoms with E-state index < -0.39 is 0 Å². The first-order chi connectivity index (χ1) is 9.04. The third-order valence-electron chi connectivity index (χ3n) is 3.83. The van der Waals surface area contributed by atoms with Gasteiger partial charge < -0.3 is 10.2 Å². The molecule has 2 rings (SSSR count). The van der Waals surface area contributed by atoms with E-state index in [1.165, 1.54) is 24.2 Å². The highest BCUT2D eigenvalue weighted by Crippen LogP contribution is 2.25. The highest BCUT2D eigenvalue weighted by Gasteiger charge is 2.24. The van der Waals surface area contributed by atoms with Gasteiger partial charge in [-0.25, -0.2) is 0 Å². The third-order valence-corrected chi connectivity index (χ3v) is 3.83. The second kappa shape index (κ2) is 6.20. The molecule has 19 heavy (non-hydrogen) atoms. The zero-order valence-electron chi connectivity index (χ0n) is 12.1. The van der Waals surface area contributed by atoms with Crippen LogP contribution in [0.4, 0.5) is 0 Å². The number of hydrogen-bond acceptors (Lipinski definition) is 2. The van der Waals surface area contributed by atoms with Crippen LogP contribution in [0.1, 0.15) is 37.3 Å². The third kappa shape index (κ3) is 4.06. The van der Waals surface area contributed by atoms with E-state index in [0.717, 1.165) is 18.8 Å². The summed E-state index contributed by atoms with van der Waals surface area (Å²) >= 11 is 0. The summed E-state index contributed by atoms with van der Waals surface area (Å²) in [5, 5.41) is 2.92. The van der Waals surface area contributed by atoms with E-state index in [2.05, 4.69) is 48.5 Å². The number of likely N-dealkylation sites (N-methyl/N-ethyl adjacent to an activating group) is 1. The first-order valence-corrected chi connectivity index (χ1v) is 7.09. The van der Waals surface area contributed by atoms with Crippen LogP contribution in [-0.2, 0) is 11.2 Å². The van der Waals surface area contributed by atoms with Gasteiger partial charge in [-0.15, -0.1) is 0 Å². The minimum absolute atomic E-state index is 0.0527. The maximum absolute atomic E-state index is 10.9. The molecular weight excluding hydrogens is 236 g/mol. The average Bonchev–Trinajstić information content (AvgIpc) is 2.32. The van der Waals surface area contributed by atoms with Crippen molar-refractivity contribution in [3.63, 3.8) is 0 Å². The molecule has 0 aromatic heterocycles. The molecule has 0 saturated carbocycles. The molecule has 1 N–H and O–H groups in total. The summed E-state index contributed by atoms with van der Waals surface area (Å²) < 4.78 is 0. The maximum Gasteiger partial charge on any atom is 0.217 e. The Morgan fingerprint density at radius 3 is 2.53 bits per heavy atom. The van der Waals surface area contributed by atoms with E-state index in [-0.39, 0.29) is 11.9 Å². The second-order valence-corrected chi connectivity index (χ2v) is 5.80. The van der Waals surface area contributed by atoms with Gasteiger partial charge in [0.1, 0.15) is 0 Å². The largest absolute Gasteiger partial charge is 0.354 e. The summed E-state index contributed by atoms with van der Waals surface area (Å²) in [5.74, 6) is 0.773. The molecule has 3 nitrogen and oxygen atoms in total. The molecule has 1 aliphatic rings. The molecular formula is C16H24N2O. The zero-order valence-corrected chi connectivity index (χ0v) is 12.1. The van der Waals surface area contributed by atoms with Crippen LogP contribution >= 0.6 is 0 Å². The van der Waals surface area contributed by atoms with E-state index in [4.69, 9.17) is 0 Å². The lowest BCUT2D eigenvalue weighted by Gasteiger charge is -2.36. The lowest BCUT2D eigenvalue weighted by molar-refractivity contribution is -0.119. The Labute approximate surface area is 116 Å². The van der Waals surface area contributed by atoms with Crippen molar-refractivity contribution < 1.29 is 4.79 Å². The quantitative estimate of drug-likeness (QED) is 0.880. The average molecular weight is 260 g/mol. The van der Waals surface area contributed by atoms with Crippen molar-refractivity contribution >= 4 is 5.91 Å². The molecule has 1 aromatic carbocycles. The minimum atomic E-state index is 0.0527. The number of amides is 1. The Hall–Kier alpha value is -1.35. The summed E-state index contributed by atoms with van der Waals surface area (Å²) in [7, 11) is 2.16. The molecule has 1 saturated heterocycles. The smallest absolute Gasteiger partial charge is 0.217 e. The van der Waals surface area contributed by atoms with Gasteiger partial charge in [0.25, 0.3) is 0 Å². The van der Waals surface area contributed by atoms with Crippen LogP contribution in [0.15, 0.2) is 24.3 Å². The Balaban J connectivity index is 1.80. The standard InChI is InChI=1S/C16H24N2O/c1-12(17-13(2)19)4-5-14-6-8-15(9-7-14)16-10-18(3)11-16/h6-9,12,16H,4-5,10-11H2,1-3H3,(H,17,19)/t12-/m0/s1. The SMILES string of the molecule is CC(=O)N[C@@H](C)CCc1ccc(C2CN(C)C2)cc1. The van der Waals surface area contributed by atoms with Gasteiger partial charge in [-0.3, -0.25) is 4.79 Å². The van der Waals surface area contributed by atoms with Crippen LogP contribution in [0.3, 0.4) is 0 Å². The van der Waals surface area contributed by atoms with Gasteiger partial charge in [0, 0.05) is 32.0 Å². The van der Waals surface area contributed by atoms with Crippen LogP contribution in [-0.4, -0.2) is 37.0 Å². The van der Waals surface area contributed by atoms with Gasteiger partial charge in [0.15, 0.2) is 0 Å². The van der Waals surface area contributed by atoms with Gasteiger partial charge >= 0.3 is 0 Å². The lowest BCUT2D eigenvalue weighted by atomic mass is 9.91. The number of carbonyl (C=O) groups excluding carboxylic acids is 1. The van der Waals surface area contributed by atoms with Crippen LogP contribution in [0.25, 0.3) is 0 Å². The number of likely N-dealkylation sites (tertiary alicyclic amines) is 1. The predicted molar refractivity (Wildman–Crippen MR) is 78.3 cm³/mol. The Morgan fingerprint density at radius 1 is 1.37 bits per heavy atom. The monoisotopic (exact) mass is 260 g/mol. The van der Waals surface area contributed by atoms with Gasteiger partial charge in [0.05, 0.1) is 0 Å². The summed E-state index contributed by atoms with van der Waals surface area (Å²) in [6.07, 6.45) is 2.01. The van der Waals surface area contributed by atoms with Crippen LogP contribution in [0.2, 0.25) is 0 Å². The predicted octanol–water partition coefficient (Wildman–Crippen LogP) is 2.17. The highest BCUT2D eigenvalue weighted by atomic mass is 16.1. The van der Waals surface area contributed by atoms with Gasteiger partial charge in [-0.05, 0) is 37.9 Å². The van der Waals surface area contributed by atoms with Crippen molar-refractivity contribution in [2.24, 2.45) is 0 Å². The topological polar surface area (TPSA) is 32.3 Å². The van der Waals surface area contributed by atoms with Crippen LogP contribution in [0.5, 0.6) is 0 Å². The number of hydrogen-bond donors (Lipinski definition) is 1. The van der Waals surface area contributed by atoms with E-state index in [9.17, 15) is 4.79 Å². The Kier molecular flexibility index (Phi) is 4.59. The normalized spacial score (nSPS) is 17.8. The van der Waals surface area contributed by atoms with Crippen molar-refractivity contribution in [1.29, 1.82) is 0 Å². The highest BCUT2D eigenvalue weighted by molar-refractivity contribution is 5.73. The fourth-order valence-electron chi connectivity index (χ4n) is 2.67. The van der Waals surface area contributed by atoms with Crippen LogP contribution < -0.4 is 5.32 Å². The first-order valence-electron chi connectivity index (χ1n) is 7.09. The summed E-state index contributed by atoms with van der Waals surface area (Å²) in [6.45, 7) is 5.98. The number of aryl methyl sites for hydroxylation is 1. The number of benzene rings is 1. The molecule has 1 atom stereocenters. The van der Waals surface area contributed by atoms with E-state index in [1.54, 1.807) is 6.92 Å². The molecule has 0 aliphatic carbocycles. The Bertz CT molecular complexity index is 421. The fourth-order valence-corrected chi connectivity index (χ4v) is 2.67. The number of nitrogens with zero attached hydrogens (tertiary/aromatic N) is 1. The van der Waals surface area contributed by atoms with E-state index in [0.29, 0.717) is 0 Å². The number of nitrogens with one attached hydrogen (secondary N) is 1. The number of carbonyl (C=O) groups is 1. The lowest BCUT2D eigenvalue weighted by Crippen LogP contribution is -2.41. The van der Waals surface area contributed by atoms with Crippen molar-refractivity contribution in [3.8, 4) is 0 Å². The minimum Gasteiger partial charge on any atom is -0.354 e. The number of rotatable bonds is 5. The molecule has 1 aromatic rings. The molecule has 0 bridgehead atoms. The van der Waals surface area contributed by atoms with Crippen molar-refractivity contribution in [1.82, 2.24) is 10.2 Å². The van der Waals surface area contributed by atoms with Crippen molar-refractivity contribution in [3.05, 3.63) is 35.4 Å². The van der Waals surface area contributed by atoms with Crippen molar-refractivity contribution in [2.75, 3.05) is 20.1 Å². The molecule has 0 spiro atoms.